The van der Waals surface area contributed by atoms with Crippen molar-refractivity contribution in [3.05, 3.63) is 48.0 Å². The topological polar surface area (TPSA) is 87.7 Å². The standard InChI is InChI=1S/C19H20N2O4.ClH/c1-25-17-11-13(6-9-15(17)19(23)24)12-4-7-14(8-5-12)21-18(22)16-3-2-10-20-16;/h4-9,11,16,20H,2-3,10H2,1H3,(H,21,22)(H,23,24);1H/t16-;/m1./s1. The van der Waals surface area contributed by atoms with E-state index in [4.69, 9.17) is 9.84 Å². The van der Waals surface area contributed by atoms with Gasteiger partial charge in [0.25, 0.3) is 0 Å². The molecule has 1 atom stereocenters. The number of hydrogen-bond acceptors (Lipinski definition) is 4. The number of carbonyl (C=O) groups is 2. The molecule has 2 aromatic carbocycles. The molecule has 3 N–H and O–H groups in total. The minimum Gasteiger partial charge on any atom is -0.496 e. The highest BCUT2D eigenvalue weighted by Gasteiger charge is 2.21. The third-order valence-corrected chi connectivity index (χ3v) is 4.29. The van der Waals surface area contributed by atoms with E-state index in [-0.39, 0.29) is 29.9 Å². The molecule has 0 aromatic heterocycles. The first-order valence-corrected chi connectivity index (χ1v) is 8.14. The second-order valence-corrected chi connectivity index (χ2v) is 5.94. The van der Waals surface area contributed by atoms with Gasteiger partial charge in [0.15, 0.2) is 0 Å². The number of amides is 1. The van der Waals surface area contributed by atoms with Crippen LogP contribution in [0.5, 0.6) is 5.75 Å². The highest BCUT2D eigenvalue weighted by atomic mass is 35.5. The molecule has 7 heteroatoms. The molecule has 1 aliphatic heterocycles. The zero-order chi connectivity index (χ0) is 17.8. The molecule has 2 aromatic rings. The first kappa shape index (κ1) is 19.8. The summed E-state index contributed by atoms with van der Waals surface area (Å²) in [7, 11) is 1.45. The Morgan fingerprint density at radius 1 is 1.15 bits per heavy atom. The van der Waals surface area contributed by atoms with Crippen LogP contribution in [0.25, 0.3) is 11.1 Å². The minimum absolute atomic E-state index is 0. The van der Waals surface area contributed by atoms with Crippen molar-refractivity contribution in [2.45, 2.75) is 18.9 Å². The lowest BCUT2D eigenvalue weighted by atomic mass is 10.0. The predicted molar refractivity (Wildman–Crippen MR) is 102 cm³/mol. The average molecular weight is 377 g/mol. The normalized spacial score (nSPS) is 15.8. The van der Waals surface area contributed by atoms with Gasteiger partial charge in [-0.1, -0.05) is 18.2 Å². The maximum Gasteiger partial charge on any atom is 0.339 e. The van der Waals surface area contributed by atoms with E-state index in [0.717, 1.165) is 36.2 Å². The lowest BCUT2D eigenvalue weighted by Crippen LogP contribution is -2.35. The number of rotatable bonds is 5. The molecule has 1 heterocycles. The fraction of sp³-hybridized carbons (Fsp3) is 0.263. The molecule has 1 saturated heterocycles. The number of carbonyl (C=O) groups excluding carboxylic acids is 1. The quantitative estimate of drug-likeness (QED) is 0.746. The Morgan fingerprint density at radius 2 is 1.85 bits per heavy atom. The fourth-order valence-electron chi connectivity index (χ4n) is 2.93. The van der Waals surface area contributed by atoms with Gasteiger partial charge < -0.3 is 20.5 Å². The van der Waals surface area contributed by atoms with Crippen LogP contribution in [0.1, 0.15) is 23.2 Å². The molecular weight excluding hydrogens is 356 g/mol. The average Bonchev–Trinajstić information content (AvgIpc) is 3.16. The summed E-state index contributed by atoms with van der Waals surface area (Å²) in [5.74, 6) is -0.727. The first-order valence-electron chi connectivity index (χ1n) is 8.14. The summed E-state index contributed by atoms with van der Waals surface area (Å²) in [6, 6.07) is 12.3. The number of benzene rings is 2. The number of halogens is 1. The van der Waals surface area contributed by atoms with E-state index in [1.165, 1.54) is 13.2 Å². The summed E-state index contributed by atoms with van der Waals surface area (Å²) in [4.78, 5) is 23.3. The number of methoxy groups -OCH3 is 1. The molecule has 6 nitrogen and oxygen atoms in total. The number of ether oxygens (including phenoxy) is 1. The van der Waals surface area contributed by atoms with Crippen molar-refractivity contribution in [3.8, 4) is 16.9 Å². The van der Waals surface area contributed by atoms with Gasteiger partial charge in [-0.3, -0.25) is 4.79 Å². The van der Waals surface area contributed by atoms with Crippen molar-refractivity contribution in [1.82, 2.24) is 5.32 Å². The molecule has 0 bridgehead atoms. The van der Waals surface area contributed by atoms with E-state index in [9.17, 15) is 9.59 Å². The molecule has 0 radical (unpaired) electrons. The lowest BCUT2D eigenvalue weighted by Gasteiger charge is -2.12. The molecule has 0 spiro atoms. The molecule has 1 fully saturated rings. The van der Waals surface area contributed by atoms with E-state index in [0.29, 0.717) is 5.75 Å². The van der Waals surface area contributed by atoms with E-state index < -0.39 is 5.97 Å². The highest BCUT2D eigenvalue weighted by molar-refractivity contribution is 5.95. The monoisotopic (exact) mass is 376 g/mol. The zero-order valence-electron chi connectivity index (χ0n) is 14.3. The Bertz CT molecular complexity index is 787. The molecule has 3 rings (SSSR count). The van der Waals surface area contributed by atoms with Crippen molar-refractivity contribution >= 4 is 30.0 Å². The van der Waals surface area contributed by atoms with E-state index in [1.807, 2.05) is 24.3 Å². The van der Waals surface area contributed by atoms with E-state index >= 15 is 0 Å². The summed E-state index contributed by atoms with van der Waals surface area (Å²) < 4.78 is 5.16. The minimum atomic E-state index is -1.03. The SMILES string of the molecule is COc1cc(-c2ccc(NC(=O)[C@H]3CCCN3)cc2)ccc1C(=O)O.Cl. The van der Waals surface area contributed by atoms with Crippen LogP contribution < -0.4 is 15.4 Å². The Balaban J connectivity index is 0.00000243. The molecule has 0 aliphatic carbocycles. The molecule has 1 amide bonds. The highest BCUT2D eigenvalue weighted by Crippen LogP contribution is 2.28. The Morgan fingerprint density at radius 3 is 2.42 bits per heavy atom. The first-order chi connectivity index (χ1) is 12.1. The number of hydrogen-bond donors (Lipinski definition) is 3. The van der Waals surface area contributed by atoms with E-state index in [2.05, 4.69) is 10.6 Å². The molecular formula is C19H21ClN2O4. The van der Waals surface area contributed by atoms with Crippen LogP contribution in [0.15, 0.2) is 42.5 Å². The second kappa shape index (κ2) is 8.69. The molecule has 0 unspecified atom stereocenters. The number of nitrogens with one attached hydrogen (secondary N) is 2. The predicted octanol–water partition coefficient (Wildman–Crippen LogP) is 3.17. The lowest BCUT2D eigenvalue weighted by molar-refractivity contribution is -0.117. The van der Waals surface area contributed by atoms with Gasteiger partial charge in [0.1, 0.15) is 11.3 Å². The molecule has 26 heavy (non-hydrogen) atoms. The summed E-state index contributed by atoms with van der Waals surface area (Å²) in [5, 5.41) is 15.2. The fourth-order valence-corrected chi connectivity index (χ4v) is 2.93. The summed E-state index contributed by atoms with van der Waals surface area (Å²) in [5.41, 5.74) is 2.61. The maximum absolute atomic E-state index is 12.1. The van der Waals surface area contributed by atoms with Crippen LogP contribution in [0, 0.1) is 0 Å². The Hall–Kier alpha value is -2.57. The van der Waals surface area contributed by atoms with Crippen molar-refractivity contribution in [2.75, 3.05) is 19.0 Å². The number of carboxylic acids is 1. The smallest absolute Gasteiger partial charge is 0.339 e. The number of anilines is 1. The van der Waals surface area contributed by atoms with Gasteiger partial charge in [-0.15, -0.1) is 12.4 Å². The van der Waals surface area contributed by atoms with Crippen LogP contribution in [0.4, 0.5) is 5.69 Å². The van der Waals surface area contributed by atoms with Gasteiger partial charge in [0.2, 0.25) is 5.91 Å². The Labute approximate surface area is 158 Å². The van der Waals surface area contributed by atoms with Crippen molar-refractivity contribution in [1.29, 1.82) is 0 Å². The van der Waals surface area contributed by atoms with Gasteiger partial charge in [-0.2, -0.15) is 0 Å². The van der Waals surface area contributed by atoms with Crippen molar-refractivity contribution in [3.63, 3.8) is 0 Å². The van der Waals surface area contributed by atoms with Crippen molar-refractivity contribution in [2.24, 2.45) is 0 Å². The van der Waals surface area contributed by atoms with Gasteiger partial charge in [0.05, 0.1) is 13.2 Å². The maximum atomic E-state index is 12.1. The Kier molecular flexibility index (Phi) is 6.60. The second-order valence-electron chi connectivity index (χ2n) is 5.94. The van der Waals surface area contributed by atoms with E-state index in [1.54, 1.807) is 12.1 Å². The zero-order valence-corrected chi connectivity index (χ0v) is 15.1. The van der Waals surface area contributed by atoms with Gasteiger partial charge in [-0.05, 0) is 54.8 Å². The third kappa shape index (κ3) is 4.33. The van der Waals surface area contributed by atoms with Crippen LogP contribution in [-0.2, 0) is 4.79 Å². The van der Waals surface area contributed by atoms with Crippen molar-refractivity contribution < 1.29 is 19.4 Å². The third-order valence-electron chi connectivity index (χ3n) is 4.29. The summed E-state index contributed by atoms with van der Waals surface area (Å²) in [6.07, 6.45) is 1.88. The molecule has 1 aliphatic rings. The summed E-state index contributed by atoms with van der Waals surface area (Å²) >= 11 is 0. The van der Waals surface area contributed by atoms with Crippen LogP contribution in [-0.4, -0.2) is 36.7 Å². The summed E-state index contributed by atoms with van der Waals surface area (Å²) in [6.45, 7) is 0.880. The molecule has 0 saturated carbocycles. The van der Waals surface area contributed by atoms with Gasteiger partial charge in [0, 0.05) is 5.69 Å². The molecule has 138 valence electrons. The van der Waals surface area contributed by atoms with Crippen LogP contribution in [0.2, 0.25) is 0 Å². The number of carboxylic acid groups (broad SMARTS) is 1. The number of aromatic carboxylic acids is 1. The van der Waals surface area contributed by atoms with Gasteiger partial charge >= 0.3 is 5.97 Å². The van der Waals surface area contributed by atoms with Gasteiger partial charge in [-0.25, -0.2) is 4.79 Å². The van der Waals surface area contributed by atoms with Crippen LogP contribution in [0.3, 0.4) is 0 Å². The van der Waals surface area contributed by atoms with Crippen LogP contribution >= 0.6 is 12.4 Å². The largest absolute Gasteiger partial charge is 0.496 e.